The van der Waals surface area contributed by atoms with Crippen LogP contribution in [0, 0.1) is 0 Å². The number of nitrogens with zero attached hydrogens (tertiary/aromatic N) is 3. The fraction of sp³-hybridized carbons (Fsp3) is 0.273. The van der Waals surface area contributed by atoms with Gasteiger partial charge in [-0.3, -0.25) is 4.68 Å². The average molecular weight is 264 g/mol. The second-order valence-corrected chi connectivity index (χ2v) is 4.99. The first-order valence-electron chi connectivity index (χ1n) is 5.39. The lowest BCUT2D eigenvalue weighted by Gasteiger charge is -2.20. The first-order valence-corrected chi connectivity index (χ1v) is 6.27. The molecule has 2 aromatic heterocycles. The lowest BCUT2D eigenvalue weighted by molar-refractivity contribution is -0.136. The minimum atomic E-state index is -0.808. The van der Waals surface area contributed by atoms with Crippen molar-refractivity contribution in [3.05, 3.63) is 41.0 Å². The van der Waals surface area contributed by atoms with E-state index in [4.69, 9.17) is 15.2 Å². The number of hydrogen-bond acceptors (Lipinski definition) is 6. The van der Waals surface area contributed by atoms with Crippen LogP contribution in [-0.2, 0) is 21.8 Å². The highest BCUT2D eigenvalue weighted by atomic mass is 32.1. The van der Waals surface area contributed by atoms with Crippen LogP contribution in [0.2, 0.25) is 0 Å². The number of ether oxygens (including phenoxy) is 2. The second kappa shape index (κ2) is 4.02. The smallest absolute Gasteiger partial charge is 0.291 e. The molecule has 1 aliphatic heterocycles. The van der Waals surface area contributed by atoms with Crippen molar-refractivity contribution in [1.82, 2.24) is 14.8 Å². The number of nitrogens with two attached hydrogens (primary N) is 1. The first-order chi connectivity index (χ1) is 8.66. The van der Waals surface area contributed by atoms with Crippen LogP contribution in [0.3, 0.4) is 0 Å². The van der Waals surface area contributed by atoms with Crippen molar-refractivity contribution in [2.75, 3.05) is 5.73 Å². The molecule has 0 unspecified atom stereocenters. The molecule has 3 heterocycles. The zero-order valence-corrected chi connectivity index (χ0v) is 10.6. The molecule has 0 aromatic carbocycles. The van der Waals surface area contributed by atoms with Gasteiger partial charge in [0.15, 0.2) is 0 Å². The van der Waals surface area contributed by atoms with Crippen LogP contribution in [-0.4, -0.2) is 14.8 Å². The number of rotatable bonds is 3. The van der Waals surface area contributed by atoms with Crippen LogP contribution in [0.5, 0.6) is 0 Å². The van der Waals surface area contributed by atoms with E-state index >= 15 is 0 Å². The Morgan fingerprint density at radius 3 is 2.89 bits per heavy atom. The summed E-state index contributed by atoms with van der Waals surface area (Å²) in [6.07, 6.45) is 6.43. The molecule has 7 heteroatoms. The molecule has 6 nitrogen and oxygen atoms in total. The molecule has 3 rings (SSSR count). The van der Waals surface area contributed by atoms with Crippen molar-refractivity contribution < 1.29 is 9.47 Å². The molecular formula is C11H12N4O2S. The Labute approximate surface area is 108 Å². The Kier molecular flexibility index (Phi) is 2.48. The van der Waals surface area contributed by atoms with Gasteiger partial charge in [0, 0.05) is 18.5 Å². The maximum Gasteiger partial charge on any atom is 0.291 e. The van der Waals surface area contributed by atoms with Crippen molar-refractivity contribution in [1.29, 1.82) is 0 Å². The topological polar surface area (TPSA) is 75.2 Å². The van der Waals surface area contributed by atoms with E-state index in [2.05, 4.69) is 10.1 Å². The molecule has 0 bridgehead atoms. The van der Waals surface area contributed by atoms with Crippen LogP contribution in [0.25, 0.3) is 0 Å². The average Bonchev–Trinajstić information content (AvgIpc) is 3.02. The molecule has 0 amide bonds. The van der Waals surface area contributed by atoms with Gasteiger partial charge in [-0.1, -0.05) is 0 Å². The standard InChI is InChI=1S/C11H12N4O2S/c1-11(16-2-3-17-11)9-7-18-10(14-9)6-15-5-8(12)4-13-15/h2-5,7H,6,12H2,1H3. The second-order valence-electron chi connectivity index (χ2n) is 4.05. The zero-order valence-electron chi connectivity index (χ0n) is 9.74. The quantitative estimate of drug-likeness (QED) is 0.912. The number of anilines is 1. The molecule has 1 aliphatic rings. The summed E-state index contributed by atoms with van der Waals surface area (Å²) < 4.78 is 12.5. The summed E-state index contributed by atoms with van der Waals surface area (Å²) in [6, 6.07) is 0. The van der Waals surface area contributed by atoms with Gasteiger partial charge in [-0.15, -0.1) is 11.3 Å². The van der Waals surface area contributed by atoms with Crippen molar-refractivity contribution in [2.45, 2.75) is 19.3 Å². The number of aromatic nitrogens is 3. The Balaban J connectivity index is 1.77. The third kappa shape index (κ3) is 1.92. The predicted octanol–water partition coefficient (Wildman–Crippen LogP) is 1.66. The minimum Gasteiger partial charge on any atom is -0.452 e. The first kappa shape index (κ1) is 11.1. The summed E-state index contributed by atoms with van der Waals surface area (Å²) in [4.78, 5) is 4.50. The van der Waals surface area contributed by atoms with Crippen molar-refractivity contribution in [3.63, 3.8) is 0 Å². The maximum atomic E-state index is 5.61. The van der Waals surface area contributed by atoms with Gasteiger partial charge < -0.3 is 15.2 Å². The van der Waals surface area contributed by atoms with E-state index in [1.807, 2.05) is 12.3 Å². The van der Waals surface area contributed by atoms with E-state index in [-0.39, 0.29) is 0 Å². The summed E-state index contributed by atoms with van der Waals surface area (Å²) in [5.41, 5.74) is 7.01. The van der Waals surface area contributed by atoms with Crippen LogP contribution < -0.4 is 5.73 Å². The summed E-state index contributed by atoms with van der Waals surface area (Å²) in [7, 11) is 0. The molecule has 0 aliphatic carbocycles. The third-order valence-corrected chi connectivity index (χ3v) is 3.44. The zero-order chi connectivity index (χ0) is 12.6. The summed E-state index contributed by atoms with van der Waals surface area (Å²) >= 11 is 1.54. The van der Waals surface area contributed by atoms with E-state index in [1.165, 1.54) is 23.9 Å². The summed E-state index contributed by atoms with van der Waals surface area (Å²) in [6.45, 7) is 2.42. The largest absolute Gasteiger partial charge is 0.452 e. The Morgan fingerprint density at radius 1 is 1.44 bits per heavy atom. The van der Waals surface area contributed by atoms with E-state index < -0.39 is 5.79 Å². The molecule has 0 fully saturated rings. The van der Waals surface area contributed by atoms with Crippen molar-refractivity contribution >= 4 is 17.0 Å². The van der Waals surface area contributed by atoms with E-state index in [1.54, 1.807) is 17.1 Å². The maximum absolute atomic E-state index is 5.61. The molecule has 0 radical (unpaired) electrons. The Morgan fingerprint density at radius 2 is 2.22 bits per heavy atom. The molecule has 2 aromatic rings. The lowest BCUT2D eigenvalue weighted by Crippen LogP contribution is -2.22. The van der Waals surface area contributed by atoms with Crippen LogP contribution in [0.15, 0.2) is 30.3 Å². The van der Waals surface area contributed by atoms with Crippen LogP contribution in [0.1, 0.15) is 17.6 Å². The van der Waals surface area contributed by atoms with Gasteiger partial charge in [-0.25, -0.2) is 4.98 Å². The number of nitrogen functional groups attached to an aromatic ring is 1. The van der Waals surface area contributed by atoms with Crippen molar-refractivity contribution in [2.24, 2.45) is 0 Å². The van der Waals surface area contributed by atoms with E-state index in [0.29, 0.717) is 12.2 Å². The molecule has 94 valence electrons. The highest BCUT2D eigenvalue weighted by Crippen LogP contribution is 2.32. The third-order valence-electron chi connectivity index (χ3n) is 2.61. The highest BCUT2D eigenvalue weighted by molar-refractivity contribution is 7.09. The highest BCUT2D eigenvalue weighted by Gasteiger charge is 2.34. The normalized spacial score (nSPS) is 16.5. The van der Waals surface area contributed by atoms with Gasteiger partial charge in [0.25, 0.3) is 5.79 Å². The van der Waals surface area contributed by atoms with Crippen molar-refractivity contribution in [3.8, 4) is 0 Å². The van der Waals surface area contributed by atoms with E-state index in [0.717, 1.165) is 10.7 Å². The Bertz CT molecular complexity index is 581. The minimum absolute atomic E-state index is 0.589. The van der Waals surface area contributed by atoms with Gasteiger partial charge in [0.05, 0.1) is 18.4 Å². The van der Waals surface area contributed by atoms with E-state index in [9.17, 15) is 0 Å². The molecule has 18 heavy (non-hydrogen) atoms. The van der Waals surface area contributed by atoms with Gasteiger partial charge in [-0.05, 0) is 0 Å². The molecule has 0 atom stereocenters. The number of thiazole rings is 1. The predicted molar refractivity (Wildman–Crippen MR) is 66.5 cm³/mol. The lowest BCUT2D eigenvalue weighted by atomic mass is 10.2. The van der Waals surface area contributed by atoms with Crippen LogP contribution >= 0.6 is 11.3 Å². The summed E-state index contributed by atoms with van der Waals surface area (Å²) in [5.74, 6) is -0.808. The SMILES string of the molecule is CC1(c2csc(Cn3cc(N)cn3)n2)OC=CO1. The fourth-order valence-electron chi connectivity index (χ4n) is 1.66. The Hall–Kier alpha value is -2.02. The van der Waals surface area contributed by atoms with Gasteiger partial charge in [0.2, 0.25) is 0 Å². The van der Waals surface area contributed by atoms with Gasteiger partial charge in [-0.2, -0.15) is 5.10 Å². The van der Waals surface area contributed by atoms with Crippen LogP contribution in [0.4, 0.5) is 5.69 Å². The summed E-state index contributed by atoms with van der Waals surface area (Å²) in [5, 5.41) is 6.97. The molecule has 0 saturated carbocycles. The fourth-order valence-corrected chi connectivity index (χ4v) is 2.53. The monoisotopic (exact) mass is 264 g/mol. The van der Waals surface area contributed by atoms with Gasteiger partial charge >= 0.3 is 0 Å². The molecule has 0 saturated heterocycles. The molecular weight excluding hydrogens is 252 g/mol. The number of hydrogen-bond donors (Lipinski definition) is 1. The molecule has 0 spiro atoms. The molecule has 2 N–H and O–H groups in total. The van der Waals surface area contributed by atoms with Gasteiger partial charge in [0.1, 0.15) is 23.2 Å².